The lowest BCUT2D eigenvalue weighted by molar-refractivity contribution is -0.136. The third-order valence-corrected chi connectivity index (χ3v) is 3.39. The number of fused-ring (bicyclic) bond motifs is 1. The molecule has 0 radical (unpaired) electrons. The van der Waals surface area contributed by atoms with Crippen molar-refractivity contribution in [2.45, 2.75) is 26.9 Å². The van der Waals surface area contributed by atoms with Crippen LogP contribution in [0.3, 0.4) is 0 Å². The van der Waals surface area contributed by atoms with Crippen molar-refractivity contribution >= 4 is 16.6 Å². The number of hydrogen-bond acceptors (Lipinski definition) is 2. The van der Waals surface area contributed by atoms with Gasteiger partial charge in [-0.3, -0.25) is 4.79 Å². The number of allylic oxidation sites excluding steroid dienone is 1. The van der Waals surface area contributed by atoms with Crippen molar-refractivity contribution in [1.29, 1.82) is 0 Å². The summed E-state index contributed by atoms with van der Waals surface area (Å²) in [5.41, 5.74) is 0.957. The molecule has 0 aliphatic carbocycles. The SMILES string of the molecule is CC(C)=CCNc1ccc2c(C(F)(F)F)cc(=O)[nH]c2c1C. The van der Waals surface area contributed by atoms with Crippen molar-refractivity contribution in [3.8, 4) is 0 Å². The van der Waals surface area contributed by atoms with E-state index in [0.29, 0.717) is 23.9 Å². The second-order valence-corrected chi connectivity index (χ2v) is 5.37. The molecule has 2 rings (SSSR count). The summed E-state index contributed by atoms with van der Waals surface area (Å²) in [4.78, 5) is 14.0. The molecule has 3 nitrogen and oxygen atoms in total. The molecule has 0 saturated carbocycles. The summed E-state index contributed by atoms with van der Waals surface area (Å²) in [6.07, 6.45) is -2.59. The molecular formula is C16H17F3N2O. The number of aryl methyl sites for hydroxylation is 1. The predicted molar refractivity (Wildman–Crippen MR) is 82.2 cm³/mol. The van der Waals surface area contributed by atoms with Gasteiger partial charge in [0.1, 0.15) is 0 Å². The molecule has 0 aliphatic rings. The molecular weight excluding hydrogens is 293 g/mol. The van der Waals surface area contributed by atoms with E-state index in [1.54, 1.807) is 13.0 Å². The maximum Gasteiger partial charge on any atom is 0.417 e. The molecule has 0 saturated heterocycles. The highest BCUT2D eigenvalue weighted by atomic mass is 19.4. The molecule has 2 N–H and O–H groups in total. The Bertz CT molecular complexity index is 784. The van der Waals surface area contributed by atoms with Gasteiger partial charge in [0.2, 0.25) is 5.56 Å². The van der Waals surface area contributed by atoms with Gasteiger partial charge in [-0.25, -0.2) is 0 Å². The van der Waals surface area contributed by atoms with Crippen molar-refractivity contribution in [1.82, 2.24) is 4.98 Å². The van der Waals surface area contributed by atoms with E-state index < -0.39 is 17.3 Å². The highest BCUT2D eigenvalue weighted by Crippen LogP contribution is 2.35. The minimum atomic E-state index is -4.56. The maximum atomic E-state index is 13.0. The number of halogens is 3. The number of H-pyrrole nitrogens is 1. The highest BCUT2D eigenvalue weighted by molar-refractivity contribution is 5.89. The fourth-order valence-electron chi connectivity index (χ4n) is 2.26. The standard InChI is InChI=1S/C16H17F3N2O/c1-9(2)6-7-20-13-5-4-11-12(16(17,18)19)8-14(22)21-15(11)10(13)3/h4-6,8,20H,7H2,1-3H3,(H,21,22). The second-order valence-electron chi connectivity index (χ2n) is 5.37. The van der Waals surface area contributed by atoms with Crippen LogP contribution >= 0.6 is 0 Å². The van der Waals surface area contributed by atoms with Crippen LogP contribution in [-0.4, -0.2) is 11.5 Å². The van der Waals surface area contributed by atoms with Crippen molar-refractivity contribution in [3.63, 3.8) is 0 Å². The van der Waals surface area contributed by atoms with Crippen LogP contribution in [0.2, 0.25) is 0 Å². The first kappa shape index (κ1) is 16.1. The van der Waals surface area contributed by atoms with Crippen LogP contribution in [-0.2, 0) is 6.18 Å². The summed E-state index contributed by atoms with van der Waals surface area (Å²) in [5.74, 6) is 0. The number of anilines is 1. The topological polar surface area (TPSA) is 44.9 Å². The Hall–Kier alpha value is -2.24. The largest absolute Gasteiger partial charge is 0.417 e. The first-order valence-corrected chi connectivity index (χ1v) is 6.81. The predicted octanol–water partition coefficient (Wildman–Crippen LogP) is 4.23. The first-order valence-electron chi connectivity index (χ1n) is 6.81. The number of nitrogens with one attached hydrogen (secondary N) is 2. The second kappa shape index (κ2) is 5.87. The zero-order chi connectivity index (χ0) is 16.5. The number of hydrogen-bond donors (Lipinski definition) is 2. The number of alkyl halides is 3. The van der Waals surface area contributed by atoms with Crippen molar-refractivity contribution < 1.29 is 13.2 Å². The van der Waals surface area contributed by atoms with Crippen LogP contribution in [0.4, 0.5) is 18.9 Å². The Morgan fingerprint density at radius 2 is 2.00 bits per heavy atom. The van der Waals surface area contributed by atoms with Gasteiger partial charge in [-0.15, -0.1) is 0 Å². The van der Waals surface area contributed by atoms with Crippen LogP contribution in [0.15, 0.2) is 34.6 Å². The van der Waals surface area contributed by atoms with Crippen molar-refractivity contribution in [3.05, 3.63) is 51.3 Å². The van der Waals surface area contributed by atoms with Gasteiger partial charge in [0.05, 0.1) is 11.1 Å². The van der Waals surface area contributed by atoms with E-state index in [1.165, 1.54) is 6.07 Å². The Labute approximate surface area is 125 Å². The lowest BCUT2D eigenvalue weighted by Crippen LogP contribution is -2.15. The number of benzene rings is 1. The molecule has 1 aromatic heterocycles. The average molecular weight is 310 g/mol. The van der Waals surface area contributed by atoms with Gasteiger partial charge in [-0.1, -0.05) is 17.7 Å². The summed E-state index contributed by atoms with van der Waals surface area (Å²) in [5, 5.41) is 3.13. The van der Waals surface area contributed by atoms with Crippen LogP contribution in [0.25, 0.3) is 10.9 Å². The number of aromatic amines is 1. The molecule has 22 heavy (non-hydrogen) atoms. The summed E-state index contributed by atoms with van der Waals surface area (Å²) in [6.45, 7) is 6.17. The Balaban J connectivity index is 2.57. The highest BCUT2D eigenvalue weighted by Gasteiger charge is 2.33. The van der Waals surface area contributed by atoms with E-state index in [0.717, 1.165) is 5.57 Å². The zero-order valence-electron chi connectivity index (χ0n) is 12.6. The van der Waals surface area contributed by atoms with Gasteiger partial charge in [0.25, 0.3) is 0 Å². The summed E-state index contributed by atoms with van der Waals surface area (Å²) in [6, 6.07) is 3.58. The molecule has 0 aliphatic heterocycles. The molecule has 0 atom stereocenters. The molecule has 0 bridgehead atoms. The lowest BCUT2D eigenvalue weighted by Gasteiger charge is -2.14. The molecule has 6 heteroatoms. The van der Waals surface area contributed by atoms with Crippen LogP contribution in [0.5, 0.6) is 0 Å². The van der Waals surface area contributed by atoms with Gasteiger partial charge in [-0.05, 0) is 32.4 Å². The van der Waals surface area contributed by atoms with Crippen LogP contribution in [0.1, 0.15) is 25.0 Å². The van der Waals surface area contributed by atoms with E-state index in [2.05, 4.69) is 10.3 Å². The fourth-order valence-corrected chi connectivity index (χ4v) is 2.26. The average Bonchev–Trinajstić information content (AvgIpc) is 2.40. The van der Waals surface area contributed by atoms with Crippen LogP contribution < -0.4 is 10.9 Å². The summed E-state index contributed by atoms with van der Waals surface area (Å²) >= 11 is 0. The Morgan fingerprint density at radius 3 is 2.59 bits per heavy atom. The van der Waals surface area contributed by atoms with E-state index in [9.17, 15) is 18.0 Å². The van der Waals surface area contributed by atoms with E-state index >= 15 is 0 Å². The normalized spacial score (nSPS) is 11.5. The smallest absolute Gasteiger partial charge is 0.381 e. The van der Waals surface area contributed by atoms with Gasteiger partial charge >= 0.3 is 6.18 Å². The quantitative estimate of drug-likeness (QED) is 0.833. The van der Waals surface area contributed by atoms with Crippen LogP contribution in [0, 0.1) is 6.92 Å². The number of rotatable bonds is 3. The fraction of sp³-hybridized carbons (Fsp3) is 0.312. The molecule has 2 aromatic rings. The molecule has 118 valence electrons. The molecule has 0 amide bonds. The van der Waals surface area contributed by atoms with Gasteiger partial charge in [0, 0.05) is 23.7 Å². The molecule has 1 aromatic carbocycles. The first-order chi connectivity index (χ1) is 10.2. The monoisotopic (exact) mass is 310 g/mol. The summed E-state index contributed by atoms with van der Waals surface area (Å²) < 4.78 is 39.1. The summed E-state index contributed by atoms with van der Waals surface area (Å²) in [7, 11) is 0. The van der Waals surface area contributed by atoms with Gasteiger partial charge in [-0.2, -0.15) is 13.2 Å². The minimum absolute atomic E-state index is 0.00244. The molecule has 0 spiro atoms. The third-order valence-electron chi connectivity index (χ3n) is 3.39. The zero-order valence-corrected chi connectivity index (χ0v) is 12.6. The van der Waals surface area contributed by atoms with Gasteiger partial charge in [0.15, 0.2) is 0 Å². The number of pyridine rings is 1. The maximum absolute atomic E-state index is 13.0. The van der Waals surface area contributed by atoms with E-state index in [-0.39, 0.29) is 10.9 Å². The third kappa shape index (κ3) is 3.32. The van der Waals surface area contributed by atoms with Gasteiger partial charge < -0.3 is 10.3 Å². The molecule has 0 fully saturated rings. The van der Waals surface area contributed by atoms with Crippen molar-refractivity contribution in [2.75, 3.05) is 11.9 Å². The molecule has 1 heterocycles. The number of aromatic nitrogens is 1. The van der Waals surface area contributed by atoms with Crippen molar-refractivity contribution in [2.24, 2.45) is 0 Å². The minimum Gasteiger partial charge on any atom is -0.381 e. The Kier molecular flexibility index (Phi) is 4.30. The van der Waals surface area contributed by atoms with E-state index in [4.69, 9.17) is 0 Å². The van der Waals surface area contributed by atoms with E-state index in [1.807, 2.05) is 19.9 Å². The molecule has 0 unspecified atom stereocenters. The Morgan fingerprint density at radius 1 is 1.32 bits per heavy atom. The lowest BCUT2D eigenvalue weighted by atomic mass is 10.0.